The number of hydrogen-bond donors (Lipinski definition) is 3. The molecule has 120 valence electrons. The number of fused-ring (bicyclic) bond motifs is 1. The average molecular weight is 326 g/mol. The number of nitrogen functional groups attached to an aromatic ring is 1. The van der Waals surface area contributed by atoms with Crippen molar-refractivity contribution >= 4 is 16.6 Å². The first kappa shape index (κ1) is 14.8. The van der Waals surface area contributed by atoms with Gasteiger partial charge >= 0.3 is 0 Å². The van der Waals surface area contributed by atoms with Gasteiger partial charge in [0.15, 0.2) is 0 Å². The molecule has 0 bridgehead atoms. The summed E-state index contributed by atoms with van der Waals surface area (Å²) in [5.41, 5.74) is 9.92. The molecule has 4 N–H and O–H groups in total. The van der Waals surface area contributed by atoms with Crippen molar-refractivity contribution in [1.82, 2.24) is 9.97 Å². The molecule has 2 aromatic heterocycles. The fourth-order valence-electron chi connectivity index (χ4n) is 3.04. The summed E-state index contributed by atoms with van der Waals surface area (Å²) in [4.78, 5) is 18.4. The van der Waals surface area contributed by atoms with Crippen LogP contribution in [0.25, 0.3) is 33.3 Å². The second-order valence-corrected chi connectivity index (χ2v) is 5.79. The Morgan fingerprint density at radius 1 is 1.00 bits per heavy atom. The number of nitrogens with two attached hydrogens (primary N) is 1. The highest BCUT2D eigenvalue weighted by Gasteiger charge is 2.15. The van der Waals surface area contributed by atoms with Gasteiger partial charge in [0.2, 0.25) is 0 Å². The monoisotopic (exact) mass is 326 g/mol. The summed E-state index contributed by atoms with van der Waals surface area (Å²) in [6, 6.07) is 18.9. The van der Waals surface area contributed by atoms with Gasteiger partial charge in [-0.3, -0.25) is 4.79 Å². The van der Waals surface area contributed by atoms with Gasteiger partial charge in [0.25, 0.3) is 5.56 Å². The Morgan fingerprint density at radius 2 is 1.84 bits per heavy atom. The summed E-state index contributed by atoms with van der Waals surface area (Å²) in [5, 5.41) is 10.4. The van der Waals surface area contributed by atoms with Crippen molar-refractivity contribution in [1.29, 1.82) is 5.26 Å². The molecule has 5 nitrogen and oxygen atoms in total. The minimum Gasteiger partial charge on any atom is -0.399 e. The summed E-state index contributed by atoms with van der Waals surface area (Å²) in [6.07, 6.45) is 1.82. The minimum absolute atomic E-state index is 0.0948. The van der Waals surface area contributed by atoms with Gasteiger partial charge in [-0.2, -0.15) is 5.26 Å². The summed E-state index contributed by atoms with van der Waals surface area (Å²) in [5.74, 6) is 0. The maximum absolute atomic E-state index is 12.5. The normalized spacial score (nSPS) is 10.7. The molecular formula is C20H14N4O. The lowest BCUT2D eigenvalue weighted by atomic mass is 9.98. The zero-order chi connectivity index (χ0) is 17.4. The van der Waals surface area contributed by atoms with Gasteiger partial charge in [-0.1, -0.05) is 30.3 Å². The molecule has 0 saturated heterocycles. The Bertz CT molecular complexity index is 1190. The molecular weight excluding hydrogens is 312 g/mol. The standard InChI is InChI=1S/C20H14N4O/c21-10-16-15(17-11-23-18-7-2-1-6-14(17)18)9-19(24-20(16)25)12-4-3-5-13(22)8-12/h1-9,11,23H,22H2,(H,24,25). The Hall–Kier alpha value is -3.78. The van der Waals surface area contributed by atoms with Gasteiger partial charge in [0, 0.05) is 45.2 Å². The van der Waals surface area contributed by atoms with Crippen molar-refractivity contribution in [2.24, 2.45) is 0 Å². The summed E-state index contributed by atoms with van der Waals surface area (Å²) >= 11 is 0. The Balaban J connectivity index is 2.02. The maximum Gasteiger partial charge on any atom is 0.266 e. The maximum atomic E-state index is 12.5. The smallest absolute Gasteiger partial charge is 0.266 e. The van der Waals surface area contributed by atoms with Crippen LogP contribution >= 0.6 is 0 Å². The van der Waals surface area contributed by atoms with Crippen LogP contribution in [0.5, 0.6) is 0 Å². The number of anilines is 1. The van der Waals surface area contributed by atoms with E-state index in [-0.39, 0.29) is 5.56 Å². The van der Waals surface area contributed by atoms with Crippen LogP contribution in [-0.4, -0.2) is 9.97 Å². The third kappa shape index (κ3) is 2.46. The molecule has 0 amide bonds. The van der Waals surface area contributed by atoms with E-state index in [4.69, 9.17) is 5.73 Å². The third-order valence-corrected chi connectivity index (χ3v) is 4.22. The molecule has 0 radical (unpaired) electrons. The number of benzene rings is 2. The quantitative estimate of drug-likeness (QED) is 0.490. The van der Waals surface area contributed by atoms with E-state index in [1.54, 1.807) is 12.1 Å². The number of nitrogens with one attached hydrogen (secondary N) is 2. The second kappa shape index (κ2) is 5.69. The predicted molar refractivity (Wildman–Crippen MR) is 98.9 cm³/mol. The second-order valence-electron chi connectivity index (χ2n) is 5.79. The van der Waals surface area contributed by atoms with Crippen molar-refractivity contribution in [2.45, 2.75) is 0 Å². The van der Waals surface area contributed by atoms with Gasteiger partial charge < -0.3 is 15.7 Å². The zero-order valence-electron chi connectivity index (χ0n) is 13.2. The van der Waals surface area contributed by atoms with Gasteiger partial charge in [-0.05, 0) is 24.3 Å². The molecule has 0 aliphatic rings. The highest BCUT2D eigenvalue weighted by molar-refractivity contribution is 5.97. The average Bonchev–Trinajstić information content (AvgIpc) is 3.05. The van der Waals surface area contributed by atoms with Crippen LogP contribution in [0, 0.1) is 11.3 Å². The highest BCUT2D eigenvalue weighted by Crippen LogP contribution is 2.32. The zero-order valence-corrected chi connectivity index (χ0v) is 13.2. The van der Waals surface area contributed by atoms with E-state index in [1.807, 2.05) is 54.7 Å². The lowest BCUT2D eigenvalue weighted by molar-refractivity contribution is 1.22. The molecule has 25 heavy (non-hydrogen) atoms. The van der Waals surface area contributed by atoms with Crippen molar-refractivity contribution in [2.75, 3.05) is 5.73 Å². The van der Waals surface area contributed by atoms with Crippen molar-refractivity contribution in [3.63, 3.8) is 0 Å². The fourth-order valence-corrected chi connectivity index (χ4v) is 3.04. The molecule has 0 aliphatic heterocycles. The molecule has 4 rings (SSSR count). The first-order valence-corrected chi connectivity index (χ1v) is 7.77. The molecule has 2 aromatic carbocycles. The number of para-hydroxylation sites is 1. The van der Waals surface area contributed by atoms with Crippen LogP contribution < -0.4 is 11.3 Å². The van der Waals surface area contributed by atoms with E-state index in [1.165, 1.54) is 0 Å². The van der Waals surface area contributed by atoms with Crippen LogP contribution in [0.3, 0.4) is 0 Å². The molecule has 5 heteroatoms. The topological polar surface area (TPSA) is 98.5 Å². The van der Waals surface area contributed by atoms with Gasteiger partial charge in [0.1, 0.15) is 11.6 Å². The number of H-pyrrole nitrogens is 2. The van der Waals surface area contributed by atoms with Gasteiger partial charge in [0.05, 0.1) is 0 Å². The first-order valence-electron chi connectivity index (χ1n) is 7.77. The number of aromatic nitrogens is 2. The Kier molecular flexibility index (Phi) is 3.37. The van der Waals surface area contributed by atoms with Crippen molar-refractivity contribution in [3.8, 4) is 28.5 Å². The largest absolute Gasteiger partial charge is 0.399 e. The lowest BCUT2D eigenvalue weighted by Crippen LogP contribution is -2.12. The Labute approximate surface area is 143 Å². The van der Waals surface area contributed by atoms with E-state index in [0.717, 1.165) is 22.0 Å². The van der Waals surface area contributed by atoms with Crippen molar-refractivity contribution < 1.29 is 0 Å². The number of nitrogens with zero attached hydrogens (tertiary/aromatic N) is 1. The number of aromatic amines is 2. The molecule has 0 saturated carbocycles. The molecule has 4 aromatic rings. The van der Waals surface area contributed by atoms with E-state index in [0.29, 0.717) is 16.9 Å². The Morgan fingerprint density at radius 3 is 2.64 bits per heavy atom. The third-order valence-electron chi connectivity index (χ3n) is 4.22. The van der Waals surface area contributed by atoms with E-state index >= 15 is 0 Å². The van der Waals surface area contributed by atoms with E-state index < -0.39 is 5.56 Å². The number of rotatable bonds is 2. The summed E-state index contributed by atoms with van der Waals surface area (Å²) < 4.78 is 0. The first-order chi connectivity index (χ1) is 12.2. The van der Waals surface area contributed by atoms with Crippen LogP contribution in [0.4, 0.5) is 5.69 Å². The molecule has 2 heterocycles. The van der Waals surface area contributed by atoms with Crippen LogP contribution in [-0.2, 0) is 0 Å². The SMILES string of the molecule is N#Cc1c(-c2c[nH]c3ccccc23)cc(-c2cccc(N)c2)[nH]c1=O. The molecule has 0 aliphatic carbocycles. The molecule has 0 fully saturated rings. The van der Waals surface area contributed by atoms with E-state index in [2.05, 4.69) is 9.97 Å². The molecule has 0 unspecified atom stereocenters. The number of pyridine rings is 1. The van der Waals surface area contributed by atoms with E-state index in [9.17, 15) is 10.1 Å². The predicted octanol–water partition coefficient (Wildman–Crippen LogP) is 3.64. The van der Waals surface area contributed by atoms with Crippen LogP contribution in [0.15, 0.2) is 65.6 Å². The number of nitriles is 1. The lowest BCUT2D eigenvalue weighted by Gasteiger charge is -2.08. The van der Waals surface area contributed by atoms with Crippen LogP contribution in [0.1, 0.15) is 5.56 Å². The van der Waals surface area contributed by atoms with Gasteiger partial charge in [-0.25, -0.2) is 0 Å². The van der Waals surface area contributed by atoms with Crippen LogP contribution in [0.2, 0.25) is 0 Å². The molecule has 0 atom stereocenters. The molecule has 0 spiro atoms. The van der Waals surface area contributed by atoms with Crippen molar-refractivity contribution in [3.05, 3.63) is 76.7 Å². The highest BCUT2D eigenvalue weighted by atomic mass is 16.1. The minimum atomic E-state index is -0.414. The number of hydrogen-bond acceptors (Lipinski definition) is 3. The summed E-state index contributed by atoms with van der Waals surface area (Å²) in [6.45, 7) is 0. The van der Waals surface area contributed by atoms with Gasteiger partial charge in [-0.15, -0.1) is 0 Å². The fraction of sp³-hybridized carbons (Fsp3) is 0. The summed E-state index contributed by atoms with van der Waals surface area (Å²) in [7, 11) is 0.